The van der Waals surface area contributed by atoms with E-state index in [1.54, 1.807) is 22.3 Å². The highest BCUT2D eigenvalue weighted by Gasteiger charge is 2.43. The lowest BCUT2D eigenvalue weighted by atomic mass is 9.77. The summed E-state index contributed by atoms with van der Waals surface area (Å²) in [4.78, 5) is 51.8. The van der Waals surface area contributed by atoms with Gasteiger partial charge in [0, 0.05) is 50.0 Å². The number of piperidine rings is 1. The van der Waals surface area contributed by atoms with E-state index in [-0.39, 0.29) is 34.0 Å². The molecular weight excluding hydrogens is 458 g/mol. The zero-order valence-corrected chi connectivity index (χ0v) is 19.6. The monoisotopic (exact) mass is 483 g/mol. The molecule has 0 atom stereocenters. The minimum atomic E-state index is -0.735. The van der Waals surface area contributed by atoms with Gasteiger partial charge < -0.3 is 14.5 Å². The normalized spacial score (nSPS) is 17.3. The first-order chi connectivity index (χ1) is 16.3. The molecule has 1 aromatic heterocycles. The number of nitro groups is 1. The van der Waals surface area contributed by atoms with E-state index in [0.29, 0.717) is 26.2 Å². The molecule has 4 rings (SSSR count). The number of amides is 2. The SMILES string of the molecule is COC(=O)c1cc(C(=O)N2CCC3(CCN(C(=O)C=Cc4ccsc4)CC3)C2)cc([N+](=O)[O-])c1. The summed E-state index contributed by atoms with van der Waals surface area (Å²) < 4.78 is 4.67. The molecule has 178 valence electrons. The molecule has 0 bridgehead atoms. The van der Waals surface area contributed by atoms with E-state index in [1.165, 1.54) is 19.2 Å². The number of non-ortho nitro benzene ring substituents is 1. The number of nitro benzene ring substituents is 1. The number of carbonyl (C=O) groups excluding carboxylic acids is 3. The van der Waals surface area contributed by atoms with Gasteiger partial charge in [0.2, 0.25) is 5.91 Å². The Morgan fingerprint density at radius 2 is 1.76 bits per heavy atom. The number of ether oxygens (including phenoxy) is 1. The average molecular weight is 484 g/mol. The van der Waals surface area contributed by atoms with Crippen molar-refractivity contribution in [1.82, 2.24) is 9.80 Å². The lowest BCUT2D eigenvalue weighted by Gasteiger charge is -2.39. The molecule has 2 aliphatic rings. The van der Waals surface area contributed by atoms with Crippen LogP contribution in [0.5, 0.6) is 0 Å². The summed E-state index contributed by atoms with van der Waals surface area (Å²) in [6.07, 6.45) is 5.81. The Bertz CT molecular complexity index is 1140. The van der Waals surface area contributed by atoms with E-state index in [0.717, 1.165) is 30.9 Å². The van der Waals surface area contributed by atoms with Gasteiger partial charge in [0.05, 0.1) is 17.6 Å². The van der Waals surface area contributed by atoms with Crippen molar-refractivity contribution in [2.45, 2.75) is 19.3 Å². The summed E-state index contributed by atoms with van der Waals surface area (Å²) >= 11 is 1.58. The van der Waals surface area contributed by atoms with Crippen LogP contribution in [0.3, 0.4) is 0 Å². The van der Waals surface area contributed by atoms with Gasteiger partial charge in [-0.1, -0.05) is 0 Å². The maximum atomic E-state index is 13.2. The van der Waals surface area contributed by atoms with Gasteiger partial charge in [-0.2, -0.15) is 11.3 Å². The molecule has 2 aromatic rings. The third kappa shape index (κ3) is 5.01. The Labute approximate surface area is 200 Å². The highest BCUT2D eigenvalue weighted by Crippen LogP contribution is 2.41. The van der Waals surface area contributed by atoms with Crippen molar-refractivity contribution in [1.29, 1.82) is 0 Å². The number of thiophene rings is 1. The summed E-state index contributed by atoms with van der Waals surface area (Å²) in [5, 5.41) is 15.2. The Morgan fingerprint density at radius 3 is 2.38 bits per heavy atom. The molecule has 0 radical (unpaired) electrons. The van der Waals surface area contributed by atoms with Crippen molar-refractivity contribution in [3.05, 3.63) is 67.9 Å². The number of hydrogen-bond donors (Lipinski definition) is 0. The molecule has 2 aliphatic heterocycles. The van der Waals surface area contributed by atoms with Crippen LogP contribution >= 0.6 is 11.3 Å². The van der Waals surface area contributed by atoms with Gasteiger partial charge in [0.25, 0.3) is 11.6 Å². The van der Waals surface area contributed by atoms with Crippen LogP contribution in [0.2, 0.25) is 0 Å². The minimum Gasteiger partial charge on any atom is -0.465 e. The minimum absolute atomic E-state index is 0.0149. The third-order valence-corrected chi connectivity index (χ3v) is 7.32. The van der Waals surface area contributed by atoms with E-state index in [4.69, 9.17) is 0 Å². The van der Waals surface area contributed by atoms with Crippen LogP contribution in [0, 0.1) is 15.5 Å². The largest absolute Gasteiger partial charge is 0.465 e. The number of methoxy groups -OCH3 is 1. The molecule has 10 heteroatoms. The van der Waals surface area contributed by atoms with Crippen molar-refractivity contribution < 1.29 is 24.0 Å². The fourth-order valence-corrected chi connectivity index (χ4v) is 5.25. The Morgan fingerprint density at radius 1 is 1.09 bits per heavy atom. The van der Waals surface area contributed by atoms with Gasteiger partial charge >= 0.3 is 5.97 Å². The van der Waals surface area contributed by atoms with Gasteiger partial charge in [0.15, 0.2) is 0 Å². The van der Waals surface area contributed by atoms with E-state index >= 15 is 0 Å². The van der Waals surface area contributed by atoms with Crippen LogP contribution in [-0.4, -0.2) is 65.8 Å². The second kappa shape index (κ2) is 9.76. The van der Waals surface area contributed by atoms with Crippen molar-refractivity contribution in [2.75, 3.05) is 33.3 Å². The van der Waals surface area contributed by atoms with Crippen molar-refractivity contribution in [2.24, 2.45) is 5.41 Å². The zero-order chi connectivity index (χ0) is 24.3. The predicted octanol–water partition coefficient (Wildman–Crippen LogP) is 3.61. The molecule has 0 unspecified atom stereocenters. The molecule has 2 saturated heterocycles. The molecule has 9 nitrogen and oxygen atoms in total. The van der Waals surface area contributed by atoms with Crippen LogP contribution in [0.25, 0.3) is 6.08 Å². The number of nitrogens with zero attached hydrogens (tertiary/aromatic N) is 3. The van der Waals surface area contributed by atoms with Crippen LogP contribution < -0.4 is 0 Å². The summed E-state index contributed by atoms with van der Waals surface area (Å²) in [6.45, 7) is 2.30. The highest BCUT2D eigenvalue weighted by atomic mass is 32.1. The van der Waals surface area contributed by atoms with E-state index in [9.17, 15) is 24.5 Å². The molecule has 1 aromatic carbocycles. The molecule has 0 N–H and O–H groups in total. The second-order valence-corrected chi connectivity index (χ2v) is 9.49. The molecule has 0 saturated carbocycles. The van der Waals surface area contributed by atoms with Crippen LogP contribution in [0.15, 0.2) is 41.1 Å². The summed E-state index contributed by atoms with van der Waals surface area (Å²) in [5.74, 6) is -1.09. The van der Waals surface area contributed by atoms with E-state index in [1.807, 2.05) is 27.8 Å². The van der Waals surface area contributed by atoms with Crippen LogP contribution in [0.1, 0.15) is 45.5 Å². The van der Waals surface area contributed by atoms with Crippen LogP contribution in [0.4, 0.5) is 5.69 Å². The Balaban J connectivity index is 1.40. The number of carbonyl (C=O) groups is 3. The van der Waals surface area contributed by atoms with Crippen LogP contribution in [-0.2, 0) is 9.53 Å². The quantitative estimate of drug-likeness (QED) is 0.278. The number of likely N-dealkylation sites (tertiary alicyclic amines) is 2. The standard InChI is InChI=1S/C24H25N3O6S/c1-33-23(30)19-12-18(13-20(14-19)27(31)32)22(29)26-10-7-24(16-26)5-8-25(9-6-24)21(28)3-2-17-4-11-34-15-17/h2-4,11-15H,5-10,16H2,1H3. The second-order valence-electron chi connectivity index (χ2n) is 8.71. The van der Waals surface area contributed by atoms with Gasteiger partial charge in [-0.25, -0.2) is 4.79 Å². The average Bonchev–Trinajstić information content (AvgIpc) is 3.52. The fourth-order valence-electron chi connectivity index (χ4n) is 4.62. The zero-order valence-electron chi connectivity index (χ0n) is 18.8. The smallest absolute Gasteiger partial charge is 0.338 e. The molecule has 2 fully saturated rings. The van der Waals surface area contributed by atoms with Crippen molar-refractivity contribution in [3.63, 3.8) is 0 Å². The maximum absolute atomic E-state index is 13.2. The topological polar surface area (TPSA) is 110 Å². The number of benzene rings is 1. The van der Waals surface area contributed by atoms with Crippen molar-refractivity contribution in [3.8, 4) is 0 Å². The molecule has 34 heavy (non-hydrogen) atoms. The lowest BCUT2D eigenvalue weighted by Crippen LogP contribution is -2.44. The summed E-state index contributed by atoms with van der Waals surface area (Å²) in [7, 11) is 1.18. The predicted molar refractivity (Wildman–Crippen MR) is 127 cm³/mol. The highest BCUT2D eigenvalue weighted by molar-refractivity contribution is 7.08. The molecule has 3 heterocycles. The van der Waals surface area contributed by atoms with Gasteiger partial charge in [-0.3, -0.25) is 19.7 Å². The molecule has 0 aliphatic carbocycles. The first-order valence-corrected chi connectivity index (χ1v) is 11.9. The Kier molecular flexibility index (Phi) is 6.78. The van der Waals surface area contributed by atoms with E-state index < -0.39 is 10.9 Å². The first-order valence-electron chi connectivity index (χ1n) is 11.0. The molecule has 1 spiro atoms. The van der Waals surface area contributed by atoms with E-state index in [2.05, 4.69) is 4.74 Å². The molecular formula is C24H25N3O6S. The van der Waals surface area contributed by atoms with Gasteiger partial charge in [-0.05, 0) is 59.2 Å². The Hall–Kier alpha value is -3.53. The number of rotatable bonds is 5. The van der Waals surface area contributed by atoms with Gasteiger partial charge in [0.1, 0.15) is 0 Å². The maximum Gasteiger partial charge on any atom is 0.338 e. The third-order valence-electron chi connectivity index (χ3n) is 6.62. The summed E-state index contributed by atoms with van der Waals surface area (Å²) in [6, 6.07) is 5.60. The first kappa shape index (κ1) is 23.6. The summed E-state index contributed by atoms with van der Waals surface area (Å²) in [5.41, 5.74) is 0.667. The lowest BCUT2D eigenvalue weighted by molar-refractivity contribution is -0.384. The van der Waals surface area contributed by atoms with Crippen molar-refractivity contribution >= 4 is 40.9 Å². The van der Waals surface area contributed by atoms with Gasteiger partial charge in [-0.15, -0.1) is 0 Å². The molecule has 2 amide bonds. The number of hydrogen-bond acceptors (Lipinski definition) is 7. The fraction of sp³-hybridized carbons (Fsp3) is 0.375. The number of esters is 1.